The van der Waals surface area contributed by atoms with Crippen LogP contribution in [0.2, 0.25) is 0 Å². The van der Waals surface area contributed by atoms with Gasteiger partial charge in [-0.1, -0.05) is 42.3 Å². The largest absolute Gasteiger partial charge is 0.459 e. The van der Waals surface area contributed by atoms with Crippen molar-refractivity contribution in [2.45, 2.75) is 89.6 Å². The molecule has 0 saturated heterocycles. The zero-order valence-electron chi connectivity index (χ0n) is 38.2. The van der Waals surface area contributed by atoms with Crippen molar-refractivity contribution >= 4 is 17.5 Å². The van der Waals surface area contributed by atoms with Gasteiger partial charge in [-0.15, -0.1) is 13.2 Å². The lowest BCUT2D eigenvalue weighted by molar-refractivity contribution is -0.384. The number of fused-ring (bicyclic) bond motifs is 2. The monoisotopic (exact) mass is 911 g/mol. The third kappa shape index (κ3) is 11.9. The van der Waals surface area contributed by atoms with E-state index in [4.69, 9.17) is 33.7 Å². The summed E-state index contributed by atoms with van der Waals surface area (Å²) >= 11 is 0. The van der Waals surface area contributed by atoms with Gasteiger partial charge < -0.3 is 43.8 Å². The Bertz CT molecular complexity index is 2180. The first-order valence-corrected chi connectivity index (χ1v) is 23.0. The number of amides is 1. The number of nitro groups is 1. The molecule has 0 spiro atoms. The van der Waals surface area contributed by atoms with E-state index in [1.165, 1.54) is 12.1 Å². The molecule has 1 aliphatic heterocycles. The minimum Gasteiger partial charge on any atom is -0.459 e. The van der Waals surface area contributed by atoms with Gasteiger partial charge in [0.25, 0.3) is 5.69 Å². The molecule has 1 amide bonds. The lowest BCUT2D eigenvalue weighted by Crippen LogP contribution is -2.70. The summed E-state index contributed by atoms with van der Waals surface area (Å²) in [6.07, 6.45) is 9.70. The molecule has 0 radical (unpaired) electrons. The van der Waals surface area contributed by atoms with Crippen molar-refractivity contribution in [3.05, 3.63) is 130 Å². The van der Waals surface area contributed by atoms with Crippen LogP contribution in [0.15, 0.2) is 103 Å². The topological polar surface area (TPSA) is 192 Å². The molecule has 1 fully saturated rings. The van der Waals surface area contributed by atoms with Crippen molar-refractivity contribution < 1.29 is 53.6 Å². The molecular weight excluding hydrogens is 847 g/mol. The first-order chi connectivity index (χ1) is 32.1. The molecule has 0 aromatic heterocycles. The van der Waals surface area contributed by atoms with Gasteiger partial charge in [0.05, 0.1) is 49.6 Å². The number of unbranched alkanes of at least 4 members (excludes halogenated alkanes) is 2. The van der Waals surface area contributed by atoms with Gasteiger partial charge in [0.2, 0.25) is 5.79 Å². The summed E-state index contributed by atoms with van der Waals surface area (Å²) in [4.78, 5) is 33.1. The fourth-order valence-corrected chi connectivity index (χ4v) is 9.54. The van der Waals surface area contributed by atoms with Crippen molar-refractivity contribution in [1.29, 1.82) is 0 Å². The first kappa shape index (κ1) is 49.8. The zero-order valence-corrected chi connectivity index (χ0v) is 38.2. The minimum atomic E-state index is -1.55. The van der Waals surface area contributed by atoms with Gasteiger partial charge in [-0.25, -0.2) is 4.79 Å². The third-order valence-electron chi connectivity index (χ3n) is 12.8. The van der Waals surface area contributed by atoms with E-state index >= 15 is 0 Å². The number of aliphatic hydroxyl groups is 3. The van der Waals surface area contributed by atoms with Crippen LogP contribution in [0.1, 0.15) is 79.5 Å². The molecule has 6 rings (SSSR count). The average Bonchev–Trinajstić information content (AvgIpc) is 3.31. The highest BCUT2D eigenvalue weighted by molar-refractivity contribution is 6.03. The van der Waals surface area contributed by atoms with Crippen molar-refractivity contribution in [3.8, 4) is 17.2 Å². The number of benzene rings is 3. The maximum Gasteiger partial charge on any atom is 0.410 e. The molecule has 2 aliphatic carbocycles. The summed E-state index contributed by atoms with van der Waals surface area (Å²) in [5.41, 5.74) is 5.16. The number of oxime groups is 1. The van der Waals surface area contributed by atoms with Crippen LogP contribution >= 0.6 is 0 Å². The summed E-state index contributed by atoms with van der Waals surface area (Å²) < 4.78 is 32.6. The van der Waals surface area contributed by atoms with Gasteiger partial charge in [0.1, 0.15) is 29.9 Å². The molecule has 3 aromatic rings. The molecule has 6 atom stereocenters. The molecular formula is C51H65N3O12. The number of hydrogen-bond donors (Lipinski definition) is 3. The average molecular weight is 912 g/mol. The predicted octanol–water partition coefficient (Wildman–Crippen LogP) is 8.86. The van der Waals surface area contributed by atoms with Crippen LogP contribution in [0.3, 0.4) is 0 Å². The normalized spacial score (nSPS) is 22.3. The Hall–Kier alpha value is -5.58. The second-order valence-electron chi connectivity index (χ2n) is 17.0. The van der Waals surface area contributed by atoms with E-state index in [1.807, 2.05) is 43.3 Å². The summed E-state index contributed by atoms with van der Waals surface area (Å²) in [5, 5.41) is 45.8. The number of nitrogens with zero attached hydrogens (tertiary/aromatic N) is 3. The highest BCUT2D eigenvalue weighted by Gasteiger charge is 2.65. The predicted molar refractivity (Wildman–Crippen MR) is 250 cm³/mol. The van der Waals surface area contributed by atoms with E-state index in [9.17, 15) is 30.2 Å². The van der Waals surface area contributed by atoms with Gasteiger partial charge in [-0.2, -0.15) is 0 Å². The van der Waals surface area contributed by atoms with Crippen LogP contribution in [-0.2, 0) is 25.7 Å². The van der Waals surface area contributed by atoms with Gasteiger partial charge >= 0.3 is 6.09 Å². The fourth-order valence-electron chi connectivity index (χ4n) is 9.54. The van der Waals surface area contributed by atoms with Crippen LogP contribution in [-0.4, -0.2) is 102 Å². The second kappa shape index (κ2) is 24.3. The van der Waals surface area contributed by atoms with E-state index in [-0.39, 0.29) is 89.3 Å². The molecule has 0 bridgehead atoms. The third-order valence-corrected chi connectivity index (χ3v) is 12.8. The van der Waals surface area contributed by atoms with Gasteiger partial charge in [-0.3, -0.25) is 15.0 Å². The SMILES string of the molecule is C=CCCOC(=O)N(CCOCCO)[C@H]1CC(=NOCc2ccc([N+](=O)[O-])cc2)C2=C[C@H](CCCCO)[C@@H](CCCCO)[C@@H]3c4cc(Oc5ccc(C)c(C)c5)ccc4O[C@@]1(OCC=C)[C@H]23. The number of hydrogen-bond acceptors (Lipinski definition) is 13. The van der Waals surface area contributed by atoms with E-state index in [0.29, 0.717) is 47.8 Å². The van der Waals surface area contributed by atoms with Crippen molar-refractivity contribution in [1.82, 2.24) is 4.90 Å². The van der Waals surface area contributed by atoms with Crippen LogP contribution in [0.4, 0.5) is 10.5 Å². The Balaban J connectivity index is 1.57. The van der Waals surface area contributed by atoms with E-state index in [1.54, 1.807) is 29.2 Å². The number of non-ortho nitro benzene ring substituents is 1. The van der Waals surface area contributed by atoms with Gasteiger partial charge in [0.15, 0.2) is 0 Å². The van der Waals surface area contributed by atoms with Gasteiger partial charge in [-0.05, 0) is 123 Å². The number of carbonyl (C=O) groups is 1. The Kier molecular flexibility index (Phi) is 18.3. The zero-order chi connectivity index (χ0) is 47.1. The lowest BCUT2D eigenvalue weighted by Gasteiger charge is -2.59. The first-order valence-electron chi connectivity index (χ1n) is 23.0. The molecule has 15 heteroatoms. The lowest BCUT2D eigenvalue weighted by atomic mass is 9.55. The minimum absolute atomic E-state index is 0.0101. The van der Waals surface area contributed by atoms with Crippen LogP contribution in [0.25, 0.3) is 0 Å². The quantitative estimate of drug-likeness (QED) is 0.0301. The van der Waals surface area contributed by atoms with Crippen LogP contribution < -0.4 is 9.47 Å². The molecule has 15 nitrogen and oxygen atoms in total. The Morgan fingerprint density at radius 1 is 0.924 bits per heavy atom. The highest BCUT2D eigenvalue weighted by atomic mass is 16.7. The Morgan fingerprint density at radius 3 is 2.36 bits per heavy atom. The number of allylic oxidation sites excluding steroid dienone is 1. The molecule has 66 heavy (non-hydrogen) atoms. The van der Waals surface area contributed by atoms with E-state index < -0.39 is 28.8 Å². The molecule has 1 heterocycles. The summed E-state index contributed by atoms with van der Waals surface area (Å²) in [6.45, 7) is 12.1. The van der Waals surface area contributed by atoms with E-state index in [2.05, 4.69) is 26.2 Å². The fraction of sp³-hybridized carbons (Fsp3) is 0.490. The van der Waals surface area contributed by atoms with Crippen molar-refractivity contribution in [2.75, 3.05) is 52.8 Å². The molecule has 1 saturated carbocycles. The second-order valence-corrected chi connectivity index (χ2v) is 17.0. The van der Waals surface area contributed by atoms with E-state index in [0.717, 1.165) is 47.9 Å². The van der Waals surface area contributed by atoms with Crippen LogP contribution in [0.5, 0.6) is 17.2 Å². The molecule has 3 aromatic carbocycles. The number of ether oxygens (including phenoxy) is 5. The number of carbonyl (C=O) groups excluding carboxylic acids is 1. The van der Waals surface area contributed by atoms with Gasteiger partial charge in [0, 0.05) is 49.8 Å². The van der Waals surface area contributed by atoms with Crippen molar-refractivity contribution in [2.24, 2.45) is 22.9 Å². The maximum absolute atomic E-state index is 14.5. The standard InChI is InChI=1S/C51H65N3O12/c1-5-7-27-62-50(58)53(22-28-61-29-25-57)47-33-45(52-64-34-37-15-17-39(18-16-37)54(59)60)43-31-38(12-8-10-23-55)42(13-9-11-24-56)48-44-32-41(65-40-19-14-35(3)36(4)30-40)20-21-46(44)66-51(47,49(43)48)63-26-6-2/h5-6,14-21,30-32,38,42,47-49,55-57H,1-2,7-13,22-29,33-34H2,3-4H3/t38-,42+,47-,48+,49+,51+/m0/s1. The number of aryl methyl sites for hydroxylation is 2. The van der Waals surface area contributed by atoms with Crippen LogP contribution in [0, 0.1) is 41.7 Å². The number of rotatable bonds is 26. The maximum atomic E-state index is 14.5. The van der Waals surface area contributed by atoms with Crippen molar-refractivity contribution in [3.63, 3.8) is 0 Å². The molecule has 356 valence electrons. The Morgan fingerprint density at radius 2 is 1.67 bits per heavy atom. The summed E-state index contributed by atoms with van der Waals surface area (Å²) in [7, 11) is 0. The molecule has 0 unspecified atom stereocenters. The summed E-state index contributed by atoms with van der Waals surface area (Å²) in [5.74, 6) is -0.640. The smallest absolute Gasteiger partial charge is 0.410 e. The Labute approximate surface area is 387 Å². The summed E-state index contributed by atoms with van der Waals surface area (Å²) in [6, 6.07) is 17.0. The number of aliphatic hydroxyl groups excluding tert-OH is 3. The molecule has 3 N–H and O–H groups in total. The molecule has 3 aliphatic rings. The highest BCUT2D eigenvalue weighted by Crippen LogP contribution is 2.62. The number of nitro benzene ring substituents is 1.